The zero-order valence-corrected chi connectivity index (χ0v) is 11.7. The van der Waals surface area contributed by atoms with Crippen LogP contribution in [0.25, 0.3) is 0 Å². The van der Waals surface area contributed by atoms with Crippen LogP contribution in [0.5, 0.6) is 0 Å². The van der Waals surface area contributed by atoms with E-state index in [-0.39, 0.29) is 24.2 Å². The van der Waals surface area contributed by atoms with Crippen molar-refractivity contribution < 1.29 is 4.79 Å². The summed E-state index contributed by atoms with van der Waals surface area (Å²) in [5.74, 6) is 1.20. The Morgan fingerprint density at radius 3 is 2.35 bits per heavy atom. The summed E-state index contributed by atoms with van der Waals surface area (Å²) in [6.45, 7) is 7.32. The molecule has 2 N–H and O–H groups in total. The molecule has 0 spiro atoms. The average Bonchev–Trinajstić information content (AvgIpc) is 2.13. The highest BCUT2D eigenvalue weighted by Crippen LogP contribution is 2.37. The highest BCUT2D eigenvalue weighted by atomic mass is 35.5. The molecule has 2 rings (SSSR count). The van der Waals surface area contributed by atoms with Gasteiger partial charge in [0.1, 0.15) is 0 Å². The lowest BCUT2D eigenvalue weighted by Gasteiger charge is -2.35. The molecule has 0 radical (unpaired) electrons. The SMILES string of the molecule is CC1(C)CCC(CNC(=O)C2CNC2)CC1.Cl. The van der Waals surface area contributed by atoms with E-state index in [1.165, 1.54) is 25.7 Å². The van der Waals surface area contributed by atoms with Gasteiger partial charge in [0, 0.05) is 19.6 Å². The molecule has 1 aliphatic carbocycles. The van der Waals surface area contributed by atoms with Gasteiger partial charge in [-0.1, -0.05) is 13.8 Å². The van der Waals surface area contributed by atoms with E-state index in [0.717, 1.165) is 19.6 Å². The maximum absolute atomic E-state index is 11.6. The molecule has 4 heteroatoms. The van der Waals surface area contributed by atoms with Crippen LogP contribution in [0.4, 0.5) is 0 Å². The van der Waals surface area contributed by atoms with E-state index < -0.39 is 0 Å². The summed E-state index contributed by atoms with van der Waals surface area (Å²) in [4.78, 5) is 11.6. The van der Waals surface area contributed by atoms with Gasteiger partial charge in [0.15, 0.2) is 0 Å². The first-order valence-corrected chi connectivity index (χ1v) is 6.55. The normalized spacial score (nSPS) is 24.6. The molecule has 0 unspecified atom stereocenters. The lowest BCUT2D eigenvalue weighted by molar-refractivity contribution is -0.126. The summed E-state index contributed by atoms with van der Waals surface area (Å²) < 4.78 is 0. The van der Waals surface area contributed by atoms with Crippen molar-refractivity contribution in [3.05, 3.63) is 0 Å². The molecule has 0 aromatic rings. The number of rotatable bonds is 3. The van der Waals surface area contributed by atoms with Gasteiger partial charge < -0.3 is 10.6 Å². The Bertz CT molecular complexity index is 254. The van der Waals surface area contributed by atoms with Gasteiger partial charge in [-0.05, 0) is 37.0 Å². The van der Waals surface area contributed by atoms with E-state index in [2.05, 4.69) is 24.5 Å². The third-order valence-corrected chi connectivity index (χ3v) is 4.18. The minimum absolute atomic E-state index is 0. The number of carbonyl (C=O) groups is 1. The van der Waals surface area contributed by atoms with Crippen LogP contribution in [-0.4, -0.2) is 25.5 Å². The quantitative estimate of drug-likeness (QED) is 0.815. The maximum Gasteiger partial charge on any atom is 0.225 e. The Morgan fingerprint density at radius 2 is 1.88 bits per heavy atom. The highest BCUT2D eigenvalue weighted by Gasteiger charge is 2.28. The summed E-state index contributed by atoms with van der Waals surface area (Å²) in [6.07, 6.45) is 5.16. The van der Waals surface area contributed by atoms with Gasteiger partial charge in [-0.15, -0.1) is 12.4 Å². The first-order chi connectivity index (χ1) is 7.57. The van der Waals surface area contributed by atoms with Crippen LogP contribution >= 0.6 is 12.4 Å². The Kier molecular flexibility index (Phi) is 5.26. The van der Waals surface area contributed by atoms with Gasteiger partial charge in [0.05, 0.1) is 5.92 Å². The Morgan fingerprint density at radius 1 is 1.29 bits per heavy atom. The second kappa shape index (κ2) is 6.05. The zero-order valence-electron chi connectivity index (χ0n) is 10.9. The van der Waals surface area contributed by atoms with Crippen LogP contribution in [-0.2, 0) is 4.79 Å². The lowest BCUT2D eigenvalue weighted by Crippen LogP contribution is -2.51. The van der Waals surface area contributed by atoms with Gasteiger partial charge in [-0.3, -0.25) is 4.79 Å². The van der Waals surface area contributed by atoms with Crippen LogP contribution in [0, 0.1) is 17.3 Å². The van der Waals surface area contributed by atoms with E-state index in [1.807, 2.05) is 0 Å². The second-order valence-corrected chi connectivity index (χ2v) is 6.21. The summed E-state index contributed by atoms with van der Waals surface area (Å²) >= 11 is 0. The van der Waals surface area contributed by atoms with Crippen molar-refractivity contribution in [2.45, 2.75) is 39.5 Å². The van der Waals surface area contributed by atoms with Crippen molar-refractivity contribution in [1.29, 1.82) is 0 Å². The molecule has 1 heterocycles. The molecule has 1 amide bonds. The smallest absolute Gasteiger partial charge is 0.225 e. The fraction of sp³-hybridized carbons (Fsp3) is 0.923. The van der Waals surface area contributed by atoms with E-state index in [0.29, 0.717) is 11.3 Å². The number of halogens is 1. The van der Waals surface area contributed by atoms with Crippen molar-refractivity contribution in [2.24, 2.45) is 17.3 Å². The largest absolute Gasteiger partial charge is 0.356 e. The third kappa shape index (κ3) is 4.14. The van der Waals surface area contributed by atoms with Crippen LogP contribution < -0.4 is 10.6 Å². The lowest BCUT2D eigenvalue weighted by atomic mass is 9.73. The van der Waals surface area contributed by atoms with Crippen molar-refractivity contribution in [1.82, 2.24) is 10.6 Å². The number of amides is 1. The molecule has 1 saturated heterocycles. The summed E-state index contributed by atoms with van der Waals surface area (Å²) in [7, 11) is 0. The Hall–Kier alpha value is -0.280. The van der Waals surface area contributed by atoms with Crippen molar-refractivity contribution in [3.63, 3.8) is 0 Å². The van der Waals surface area contributed by atoms with E-state index in [4.69, 9.17) is 0 Å². The first-order valence-electron chi connectivity index (χ1n) is 6.55. The predicted octanol–water partition coefficient (Wildman–Crippen LogP) is 1.96. The van der Waals surface area contributed by atoms with E-state index >= 15 is 0 Å². The molecule has 2 aliphatic rings. The number of carbonyl (C=O) groups excluding carboxylic acids is 1. The van der Waals surface area contributed by atoms with Crippen LogP contribution in [0.1, 0.15) is 39.5 Å². The molecule has 1 aliphatic heterocycles. The number of nitrogens with one attached hydrogen (secondary N) is 2. The molecule has 0 atom stereocenters. The van der Waals surface area contributed by atoms with Gasteiger partial charge in [0.25, 0.3) is 0 Å². The second-order valence-electron chi connectivity index (χ2n) is 6.21. The molecule has 0 aromatic heterocycles. The molecule has 0 bridgehead atoms. The Labute approximate surface area is 111 Å². The van der Waals surface area contributed by atoms with Gasteiger partial charge in [-0.2, -0.15) is 0 Å². The zero-order chi connectivity index (χ0) is 11.6. The van der Waals surface area contributed by atoms with Crippen molar-refractivity contribution in [3.8, 4) is 0 Å². The minimum Gasteiger partial charge on any atom is -0.356 e. The van der Waals surface area contributed by atoms with Gasteiger partial charge in [0.2, 0.25) is 5.91 Å². The first kappa shape index (κ1) is 14.8. The molecule has 17 heavy (non-hydrogen) atoms. The number of hydrogen-bond acceptors (Lipinski definition) is 2. The van der Waals surface area contributed by atoms with E-state index in [9.17, 15) is 4.79 Å². The minimum atomic E-state index is 0. The van der Waals surface area contributed by atoms with Crippen molar-refractivity contribution in [2.75, 3.05) is 19.6 Å². The Balaban J connectivity index is 0.00000144. The number of hydrogen-bond donors (Lipinski definition) is 2. The molecular formula is C13H25ClN2O. The van der Waals surface area contributed by atoms with Gasteiger partial charge >= 0.3 is 0 Å². The fourth-order valence-electron chi connectivity index (χ4n) is 2.53. The molecule has 100 valence electrons. The maximum atomic E-state index is 11.6. The molecule has 2 fully saturated rings. The predicted molar refractivity (Wildman–Crippen MR) is 72.4 cm³/mol. The highest BCUT2D eigenvalue weighted by molar-refractivity contribution is 5.85. The monoisotopic (exact) mass is 260 g/mol. The molecular weight excluding hydrogens is 236 g/mol. The molecule has 0 aromatic carbocycles. The van der Waals surface area contributed by atoms with Crippen LogP contribution in [0.3, 0.4) is 0 Å². The average molecular weight is 261 g/mol. The molecule has 3 nitrogen and oxygen atoms in total. The summed E-state index contributed by atoms with van der Waals surface area (Å²) in [6, 6.07) is 0. The third-order valence-electron chi connectivity index (χ3n) is 4.18. The van der Waals surface area contributed by atoms with Crippen LogP contribution in [0.2, 0.25) is 0 Å². The summed E-state index contributed by atoms with van der Waals surface area (Å²) in [5, 5.41) is 6.23. The van der Waals surface area contributed by atoms with Gasteiger partial charge in [-0.25, -0.2) is 0 Å². The van der Waals surface area contributed by atoms with E-state index in [1.54, 1.807) is 0 Å². The molecule has 1 saturated carbocycles. The topological polar surface area (TPSA) is 41.1 Å². The van der Waals surface area contributed by atoms with Crippen LogP contribution in [0.15, 0.2) is 0 Å². The fourth-order valence-corrected chi connectivity index (χ4v) is 2.53. The standard InChI is InChI=1S/C13H24N2O.ClH/c1-13(2)5-3-10(4-6-13)7-15-12(16)11-8-14-9-11;/h10-11,14H,3-9H2,1-2H3,(H,15,16);1H. The van der Waals surface area contributed by atoms with Crippen molar-refractivity contribution >= 4 is 18.3 Å². The summed E-state index contributed by atoms with van der Waals surface area (Å²) in [5.41, 5.74) is 0.526.